The fourth-order valence-corrected chi connectivity index (χ4v) is 3.24. The van der Waals surface area contributed by atoms with Gasteiger partial charge in [0.15, 0.2) is 0 Å². The molecule has 0 aromatic heterocycles. The van der Waals surface area contributed by atoms with Crippen molar-refractivity contribution in [1.82, 2.24) is 10.2 Å². The van der Waals surface area contributed by atoms with Crippen molar-refractivity contribution in [2.75, 3.05) is 33.2 Å². The maximum atomic E-state index is 12.7. The molecule has 0 spiro atoms. The summed E-state index contributed by atoms with van der Waals surface area (Å²) in [5, 5.41) is 32.7. The normalized spacial score (nSPS) is 14.8. The van der Waals surface area contributed by atoms with Gasteiger partial charge in [0.05, 0.1) is 5.56 Å². The van der Waals surface area contributed by atoms with E-state index in [-0.39, 0.29) is 6.10 Å². The van der Waals surface area contributed by atoms with Gasteiger partial charge in [-0.05, 0) is 48.9 Å². The smallest absolute Gasteiger partial charge is 0.416 e. The fraction of sp³-hybridized carbons (Fsp3) is 0.333. The van der Waals surface area contributed by atoms with Crippen LogP contribution in [-0.2, 0) is 31.8 Å². The monoisotopic (exact) mass is 544 g/mol. The van der Waals surface area contributed by atoms with Crippen molar-refractivity contribution in [3.05, 3.63) is 65.2 Å². The molecule has 0 fully saturated rings. The number of hydrogen-bond acceptors (Lipinski definition) is 7. The second-order valence-electron chi connectivity index (χ2n) is 7.70. The van der Waals surface area contributed by atoms with Gasteiger partial charge in [-0.3, -0.25) is 4.90 Å². The lowest BCUT2D eigenvalue weighted by molar-refractivity contribution is -0.159. The zero-order chi connectivity index (χ0) is 28.9. The summed E-state index contributed by atoms with van der Waals surface area (Å²) in [6.07, 6.45) is -3.60. The number of rotatable bonds is 5. The largest absolute Gasteiger partial charge is 0.484 e. The standard InChI is InChI=1S/C20H23F3N2O.2C2H2O4/c1-24-11-13-25-12-10-15-4-2-3-5-18(15)19(14-25)26-17-8-6-16(7-9-17)20(21,22)23;2*3-1(4)2(5)6/h2-9,19,24H,10-14H2,1H3;2*(H,3,4)(H,5,6). The summed E-state index contributed by atoms with van der Waals surface area (Å²) in [5.41, 5.74) is 1.68. The molecule has 5 N–H and O–H groups in total. The van der Waals surface area contributed by atoms with E-state index in [1.165, 1.54) is 17.7 Å². The number of aliphatic carboxylic acids is 4. The molecule has 0 amide bonds. The lowest BCUT2D eigenvalue weighted by Gasteiger charge is -2.25. The summed E-state index contributed by atoms with van der Waals surface area (Å²) in [6, 6.07) is 13.1. The molecule has 208 valence electrons. The van der Waals surface area contributed by atoms with E-state index in [2.05, 4.69) is 16.3 Å². The highest BCUT2D eigenvalue weighted by Crippen LogP contribution is 2.32. The number of ether oxygens (including phenoxy) is 1. The molecule has 11 nitrogen and oxygen atoms in total. The second-order valence-corrected chi connectivity index (χ2v) is 7.70. The average molecular weight is 544 g/mol. The number of halogens is 3. The van der Waals surface area contributed by atoms with E-state index in [1.54, 1.807) is 0 Å². The molecule has 0 saturated carbocycles. The van der Waals surface area contributed by atoms with E-state index in [9.17, 15) is 13.2 Å². The van der Waals surface area contributed by atoms with Gasteiger partial charge in [-0.15, -0.1) is 0 Å². The van der Waals surface area contributed by atoms with Crippen molar-refractivity contribution in [1.29, 1.82) is 0 Å². The Hall–Kier alpha value is -4.17. The van der Waals surface area contributed by atoms with Gasteiger partial charge >= 0.3 is 30.1 Å². The minimum absolute atomic E-state index is 0.206. The van der Waals surface area contributed by atoms with Crippen LogP contribution in [0.1, 0.15) is 22.8 Å². The van der Waals surface area contributed by atoms with Crippen molar-refractivity contribution in [2.45, 2.75) is 18.7 Å². The zero-order valence-corrected chi connectivity index (χ0v) is 20.1. The molecule has 0 aliphatic carbocycles. The first kappa shape index (κ1) is 31.9. The molecule has 2 aromatic carbocycles. The van der Waals surface area contributed by atoms with Gasteiger partial charge in [-0.25, -0.2) is 19.2 Å². The maximum absolute atomic E-state index is 12.7. The third-order valence-corrected chi connectivity index (χ3v) is 5.03. The van der Waals surface area contributed by atoms with Crippen molar-refractivity contribution in [3.63, 3.8) is 0 Å². The van der Waals surface area contributed by atoms with E-state index >= 15 is 0 Å². The van der Waals surface area contributed by atoms with Gasteiger partial charge < -0.3 is 30.5 Å². The summed E-state index contributed by atoms with van der Waals surface area (Å²) >= 11 is 0. The van der Waals surface area contributed by atoms with Crippen molar-refractivity contribution in [3.8, 4) is 5.75 Å². The van der Waals surface area contributed by atoms with Crippen LogP contribution in [0.25, 0.3) is 0 Å². The lowest BCUT2D eigenvalue weighted by atomic mass is 10.0. The molecule has 1 unspecified atom stereocenters. The predicted molar refractivity (Wildman–Crippen MR) is 126 cm³/mol. The Morgan fingerprint density at radius 3 is 1.92 bits per heavy atom. The molecule has 1 atom stereocenters. The Morgan fingerprint density at radius 2 is 1.45 bits per heavy atom. The average Bonchev–Trinajstić information content (AvgIpc) is 3.02. The third-order valence-electron chi connectivity index (χ3n) is 5.03. The Kier molecular flexibility index (Phi) is 12.7. The molecule has 38 heavy (non-hydrogen) atoms. The number of nitrogens with one attached hydrogen (secondary N) is 1. The van der Waals surface area contributed by atoms with Crippen LogP contribution in [0.4, 0.5) is 13.2 Å². The summed E-state index contributed by atoms with van der Waals surface area (Å²) in [4.78, 5) is 38.7. The van der Waals surface area contributed by atoms with Crippen LogP contribution in [0.3, 0.4) is 0 Å². The van der Waals surface area contributed by atoms with Crippen molar-refractivity contribution >= 4 is 23.9 Å². The van der Waals surface area contributed by atoms with Gasteiger partial charge in [0, 0.05) is 26.2 Å². The number of nitrogens with zero attached hydrogens (tertiary/aromatic N) is 1. The van der Waals surface area contributed by atoms with Gasteiger partial charge in [0.2, 0.25) is 0 Å². The van der Waals surface area contributed by atoms with Crippen LogP contribution in [-0.4, -0.2) is 82.4 Å². The number of benzene rings is 2. The minimum Gasteiger partial charge on any atom is -0.484 e. The number of likely N-dealkylation sites (N-methyl/N-ethyl adjacent to an activating group) is 1. The summed E-state index contributed by atoms with van der Waals surface area (Å²) in [7, 11) is 1.92. The highest BCUT2D eigenvalue weighted by Gasteiger charge is 2.30. The summed E-state index contributed by atoms with van der Waals surface area (Å²) in [6.45, 7) is 3.42. The highest BCUT2D eigenvalue weighted by atomic mass is 19.4. The molecule has 0 bridgehead atoms. The van der Waals surface area contributed by atoms with Crippen LogP contribution in [0.5, 0.6) is 5.75 Å². The van der Waals surface area contributed by atoms with Gasteiger partial charge in [0.1, 0.15) is 11.9 Å². The van der Waals surface area contributed by atoms with Crippen LogP contribution in [0, 0.1) is 0 Å². The van der Waals surface area contributed by atoms with Crippen LogP contribution >= 0.6 is 0 Å². The SMILES string of the molecule is CNCCN1CCc2ccccc2C(Oc2ccc(C(F)(F)F)cc2)C1.O=C(O)C(=O)O.O=C(O)C(=O)O. The first-order valence-electron chi connectivity index (χ1n) is 11.0. The molecule has 0 saturated heterocycles. The number of carbonyl (C=O) groups is 4. The topological polar surface area (TPSA) is 174 Å². The molecule has 14 heteroatoms. The maximum Gasteiger partial charge on any atom is 0.416 e. The predicted octanol–water partition coefficient (Wildman–Crippen LogP) is 2.21. The van der Waals surface area contributed by atoms with E-state index in [0.717, 1.165) is 43.8 Å². The Morgan fingerprint density at radius 1 is 0.921 bits per heavy atom. The Labute approximate surface area is 215 Å². The molecule has 0 radical (unpaired) electrons. The second kappa shape index (κ2) is 15.2. The molecule has 1 aliphatic rings. The van der Waals surface area contributed by atoms with E-state index in [0.29, 0.717) is 12.3 Å². The Bertz CT molecular complexity index is 1040. The van der Waals surface area contributed by atoms with Crippen molar-refractivity contribution in [2.24, 2.45) is 0 Å². The minimum atomic E-state index is -4.34. The molecule has 1 aliphatic heterocycles. The number of fused-ring (bicyclic) bond motifs is 1. The fourth-order valence-electron chi connectivity index (χ4n) is 3.24. The zero-order valence-electron chi connectivity index (χ0n) is 20.1. The quantitative estimate of drug-likeness (QED) is 0.349. The molecular formula is C24H27F3N2O9. The van der Waals surface area contributed by atoms with Gasteiger partial charge in [0.25, 0.3) is 0 Å². The van der Waals surface area contributed by atoms with Crippen LogP contribution in [0.15, 0.2) is 48.5 Å². The first-order chi connectivity index (χ1) is 17.8. The molecule has 1 heterocycles. The van der Waals surface area contributed by atoms with Crippen molar-refractivity contribution < 1.29 is 57.5 Å². The van der Waals surface area contributed by atoms with E-state index in [1.807, 2.05) is 25.2 Å². The number of hydrogen-bond donors (Lipinski definition) is 5. The van der Waals surface area contributed by atoms with Gasteiger partial charge in [-0.1, -0.05) is 24.3 Å². The summed E-state index contributed by atoms with van der Waals surface area (Å²) in [5.74, 6) is -6.84. The Balaban J connectivity index is 0.000000503. The molecular weight excluding hydrogens is 517 g/mol. The van der Waals surface area contributed by atoms with Crippen LogP contribution < -0.4 is 10.1 Å². The van der Waals surface area contributed by atoms with E-state index in [4.69, 9.17) is 44.3 Å². The van der Waals surface area contributed by atoms with E-state index < -0.39 is 35.6 Å². The number of carboxylic acid groups (broad SMARTS) is 4. The summed E-state index contributed by atoms with van der Waals surface area (Å²) < 4.78 is 44.3. The van der Waals surface area contributed by atoms with Gasteiger partial charge in [-0.2, -0.15) is 13.2 Å². The van der Waals surface area contributed by atoms with Crippen LogP contribution in [0.2, 0.25) is 0 Å². The third kappa shape index (κ3) is 11.3. The lowest BCUT2D eigenvalue weighted by Crippen LogP contribution is -2.35. The molecule has 2 aromatic rings. The number of carboxylic acids is 4. The number of alkyl halides is 3. The first-order valence-corrected chi connectivity index (χ1v) is 11.0. The highest BCUT2D eigenvalue weighted by molar-refractivity contribution is 6.27. The molecule has 3 rings (SSSR count).